The number of hydrogen-bond acceptors (Lipinski definition) is 5. The molecule has 1 aliphatic carbocycles. The normalized spacial score (nSPS) is 22.9. The highest BCUT2D eigenvalue weighted by molar-refractivity contribution is 5.37. The van der Waals surface area contributed by atoms with E-state index < -0.39 is 12.0 Å². The fourth-order valence-corrected chi connectivity index (χ4v) is 2.64. The van der Waals surface area contributed by atoms with Crippen LogP contribution in [0.15, 0.2) is 6.07 Å². The Bertz CT molecular complexity index is 481. The van der Waals surface area contributed by atoms with E-state index in [-0.39, 0.29) is 17.8 Å². The Morgan fingerprint density at radius 3 is 2.67 bits per heavy atom. The molecule has 0 radical (unpaired) electrons. The van der Waals surface area contributed by atoms with E-state index >= 15 is 0 Å². The van der Waals surface area contributed by atoms with Crippen molar-refractivity contribution in [2.24, 2.45) is 11.8 Å². The van der Waals surface area contributed by atoms with Crippen LogP contribution in [0.2, 0.25) is 0 Å². The third-order valence-electron chi connectivity index (χ3n) is 3.74. The molecule has 1 aromatic rings. The quantitative estimate of drug-likeness (QED) is 0.660. The Morgan fingerprint density at radius 1 is 1.33 bits per heavy atom. The van der Waals surface area contributed by atoms with Gasteiger partial charge in [0.15, 0.2) is 0 Å². The molecule has 1 aromatic heterocycles. The van der Waals surface area contributed by atoms with Gasteiger partial charge in [-0.1, -0.05) is 13.3 Å². The van der Waals surface area contributed by atoms with Crippen LogP contribution in [-0.2, 0) is 6.18 Å². The number of hydrazine groups is 1. The zero-order valence-corrected chi connectivity index (χ0v) is 11.8. The number of hydrogen-bond donors (Lipinski definition) is 2. The SMILES string of the molecule is CCC1CCCCC1Oc1cc(NN)nc(C(F)(F)F)n1. The number of nitrogens with two attached hydrogens (primary N) is 1. The van der Waals surface area contributed by atoms with Gasteiger partial charge in [0.2, 0.25) is 11.7 Å². The number of aromatic nitrogens is 2. The van der Waals surface area contributed by atoms with Crippen molar-refractivity contribution >= 4 is 5.82 Å². The molecule has 1 saturated carbocycles. The topological polar surface area (TPSA) is 73.1 Å². The Labute approximate surface area is 121 Å². The second-order valence-electron chi connectivity index (χ2n) is 5.17. The molecule has 1 heterocycles. The maximum absolute atomic E-state index is 12.8. The molecule has 0 bridgehead atoms. The predicted molar refractivity (Wildman–Crippen MR) is 71.5 cm³/mol. The number of halogens is 3. The Kier molecular flexibility index (Phi) is 4.87. The van der Waals surface area contributed by atoms with Crippen LogP contribution in [0, 0.1) is 5.92 Å². The van der Waals surface area contributed by atoms with Gasteiger partial charge in [-0.05, 0) is 31.6 Å². The number of anilines is 1. The van der Waals surface area contributed by atoms with Crippen molar-refractivity contribution in [3.63, 3.8) is 0 Å². The van der Waals surface area contributed by atoms with Crippen LogP contribution in [-0.4, -0.2) is 16.1 Å². The predicted octanol–water partition coefficient (Wildman–Crippen LogP) is 3.13. The van der Waals surface area contributed by atoms with Crippen LogP contribution < -0.4 is 16.0 Å². The first-order valence-corrected chi connectivity index (χ1v) is 7.03. The lowest BCUT2D eigenvalue weighted by molar-refractivity contribution is -0.145. The highest BCUT2D eigenvalue weighted by Crippen LogP contribution is 2.32. The molecule has 3 N–H and O–H groups in total. The van der Waals surface area contributed by atoms with Crippen molar-refractivity contribution in [1.82, 2.24) is 9.97 Å². The van der Waals surface area contributed by atoms with E-state index in [1.807, 2.05) is 0 Å². The van der Waals surface area contributed by atoms with Crippen LogP contribution in [0.3, 0.4) is 0 Å². The molecule has 0 amide bonds. The van der Waals surface area contributed by atoms with E-state index in [0.717, 1.165) is 32.1 Å². The summed E-state index contributed by atoms with van der Waals surface area (Å²) in [5.74, 6) is 4.04. The molecule has 5 nitrogen and oxygen atoms in total. The van der Waals surface area contributed by atoms with Gasteiger partial charge in [0.05, 0.1) is 0 Å². The average Bonchev–Trinajstić information content (AvgIpc) is 2.46. The van der Waals surface area contributed by atoms with Crippen molar-refractivity contribution in [3.05, 3.63) is 11.9 Å². The van der Waals surface area contributed by atoms with Gasteiger partial charge in [0, 0.05) is 6.07 Å². The lowest BCUT2D eigenvalue weighted by atomic mass is 9.85. The third-order valence-corrected chi connectivity index (χ3v) is 3.74. The minimum Gasteiger partial charge on any atom is -0.474 e. The molecule has 2 atom stereocenters. The number of nitrogens with one attached hydrogen (secondary N) is 1. The summed E-state index contributed by atoms with van der Waals surface area (Å²) in [4.78, 5) is 6.76. The number of nitrogen functional groups attached to an aromatic ring is 1. The van der Waals surface area contributed by atoms with E-state index in [1.54, 1.807) is 0 Å². The van der Waals surface area contributed by atoms with Gasteiger partial charge in [-0.2, -0.15) is 18.2 Å². The van der Waals surface area contributed by atoms with Crippen molar-refractivity contribution in [2.45, 2.75) is 51.3 Å². The summed E-state index contributed by atoms with van der Waals surface area (Å²) in [6.07, 6.45) is 0.193. The summed E-state index contributed by atoms with van der Waals surface area (Å²) in [5, 5.41) is 0. The van der Waals surface area contributed by atoms with Crippen molar-refractivity contribution in [3.8, 4) is 5.88 Å². The second-order valence-corrected chi connectivity index (χ2v) is 5.17. The molecule has 21 heavy (non-hydrogen) atoms. The highest BCUT2D eigenvalue weighted by atomic mass is 19.4. The lowest BCUT2D eigenvalue weighted by Gasteiger charge is -2.30. The van der Waals surface area contributed by atoms with Crippen LogP contribution in [0.5, 0.6) is 5.88 Å². The Hall–Kier alpha value is -1.57. The molecule has 0 aliphatic heterocycles. The van der Waals surface area contributed by atoms with E-state index in [0.29, 0.717) is 5.92 Å². The van der Waals surface area contributed by atoms with Crippen LogP contribution in [0.1, 0.15) is 44.9 Å². The van der Waals surface area contributed by atoms with Crippen molar-refractivity contribution in [2.75, 3.05) is 5.43 Å². The smallest absolute Gasteiger partial charge is 0.451 e. The molecule has 0 aromatic carbocycles. The Balaban J connectivity index is 2.22. The van der Waals surface area contributed by atoms with Crippen molar-refractivity contribution in [1.29, 1.82) is 0 Å². The van der Waals surface area contributed by atoms with Gasteiger partial charge in [-0.3, -0.25) is 0 Å². The molecule has 2 rings (SSSR count). The largest absolute Gasteiger partial charge is 0.474 e. The number of nitrogens with zero attached hydrogens (tertiary/aromatic N) is 2. The molecular weight excluding hydrogens is 285 g/mol. The lowest BCUT2D eigenvalue weighted by Crippen LogP contribution is -2.30. The molecule has 118 valence electrons. The van der Waals surface area contributed by atoms with Gasteiger partial charge < -0.3 is 10.2 Å². The summed E-state index contributed by atoms with van der Waals surface area (Å²) in [5.41, 5.74) is 2.11. The zero-order chi connectivity index (χ0) is 15.5. The summed E-state index contributed by atoms with van der Waals surface area (Å²) in [6, 6.07) is 1.29. The standard InChI is InChI=1S/C13H19F3N4O/c1-2-8-5-3-4-6-9(8)21-11-7-10(20-17)18-12(19-11)13(14,15)16/h7-9H,2-6,17H2,1H3,(H,18,19,20). The maximum Gasteiger partial charge on any atom is 0.451 e. The maximum atomic E-state index is 12.8. The van der Waals surface area contributed by atoms with Gasteiger partial charge >= 0.3 is 6.18 Å². The monoisotopic (exact) mass is 304 g/mol. The summed E-state index contributed by atoms with van der Waals surface area (Å²) in [6.45, 7) is 2.06. The van der Waals surface area contributed by atoms with Gasteiger partial charge in [0.25, 0.3) is 0 Å². The molecule has 1 aliphatic rings. The van der Waals surface area contributed by atoms with Crippen LogP contribution in [0.25, 0.3) is 0 Å². The third kappa shape index (κ3) is 3.96. The minimum atomic E-state index is -4.64. The van der Waals surface area contributed by atoms with E-state index in [9.17, 15) is 13.2 Å². The van der Waals surface area contributed by atoms with E-state index in [2.05, 4.69) is 22.3 Å². The number of alkyl halides is 3. The molecule has 0 saturated heterocycles. The first-order chi connectivity index (χ1) is 9.94. The van der Waals surface area contributed by atoms with E-state index in [1.165, 1.54) is 6.07 Å². The van der Waals surface area contributed by atoms with Gasteiger partial charge in [-0.25, -0.2) is 10.8 Å². The summed E-state index contributed by atoms with van der Waals surface area (Å²) < 4.78 is 44.0. The molecule has 0 spiro atoms. The van der Waals surface area contributed by atoms with Gasteiger partial charge in [0.1, 0.15) is 11.9 Å². The fraction of sp³-hybridized carbons (Fsp3) is 0.692. The van der Waals surface area contributed by atoms with Crippen LogP contribution >= 0.6 is 0 Å². The zero-order valence-electron chi connectivity index (χ0n) is 11.8. The highest BCUT2D eigenvalue weighted by Gasteiger charge is 2.36. The molecule has 1 fully saturated rings. The van der Waals surface area contributed by atoms with Crippen molar-refractivity contribution < 1.29 is 17.9 Å². The first kappa shape index (κ1) is 15.8. The van der Waals surface area contributed by atoms with Crippen LogP contribution in [0.4, 0.5) is 19.0 Å². The molecular formula is C13H19F3N4O. The molecule has 2 unspecified atom stereocenters. The fourth-order valence-electron chi connectivity index (χ4n) is 2.64. The second kappa shape index (κ2) is 6.46. The molecule has 8 heteroatoms. The van der Waals surface area contributed by atoms with Gasteiger partial charge in [-0.15, -0.1) is 0 Å². The summed E-state index contributed by atoms with van der Waals surface area (Å²) in [7, 11) is 0. The number of rotatable bonds is 4. The Morgan fingerprint density at radius 2 is 2.05 bits per heavy atom. The van der Waals surface area contributed by atoms with E-state index in [4.69, 9.17) is 10.6 Å². The first-order valence-electron chi connectivity index (χ1n) is 7.03. The summed E-state index contributed by atoms with van der Waals surface area (Å²) >= 11 is 0. The number of ether oxygens (including phenoxy) is 1. The average molecular weight is 304 g/mol. The minimum absolute atomic E-state index is 0.0874.